The maximum atomic E-state index is 11.8. The van der Waals surface area contributed by atoms with Gasteiger partial charge < -0.3 is 0 Å². The largest absolute Gasteiger partial charge is 0.278 e. The normalized spacial score (nSPS) is 10.1. The van der Waals surface area contributed by atoms with Crippen molar-refractivity contribution in [1.29, 1.82) is 0 Å². The minimum Gasteiger partial charge on any atom is -0.274 e. The second-order valence-corrected chi connectivity index (χ2v) is 4.12. The molecule has 1 aromatic carbocycles. The summed E-state index contributed by atoms with van der Waals surface area (Å²) in [7, 11) is 2.98. The van der Waals surface area contributed by atoms with E-state index >= 15 is 0 Å². The number of hydrogen-bond donors (Lipinski definition) is 0. The summed E-state index contributed by atoms with van der Waals surface area (Å²) in [6.07, 6.45) is 1.94. The van der Waals surface area contributed by atoms with Crippen molar-refractivity contribution >= 4 is 29.3 Å². The zero-order chi connectivity index (χ0) is 11.4. The summed E-state index contributed by atoms with van der Waals surface area (Å²) in [5, 5.41) is 1.58. The van der Waals surface area contributed by atoms with Crippen LogP contribution in [-0.4, -0.2) is 31.4 Å². The van der Waals surface area contributed by atoms with Crippen molar-refractivity contribution in [1.82, 2.24) is 5.06 Å². The molecule has 0 bridgehead atoms. The summed E-state index contributed by atoms with van der Waals surface area (Å²) < 4.78 is 0. The lowest BCUT2D eigenvalue weighted by Crippen LogP contribution is -2.25. The van der Waals surface area contributed by atoms with Gasteiger partial charge in [0.05, 0.1) is 17.7 Å². The van der Waals surface area contributed by atoms with Crippen molar-refractivity contribution in [3.63, 3.8) is 0 Å². The number of thioether (sulfide) groups is 1. The number of amides is 1. The van der Waals surface area contributed by atoms with Gasteiger partial charge in [-0.15, -0.1) is 11.8 Å². The Labute approximate surface area is 98.3 Å². The molecule has 1 rings (SSSR count). The van der Waals surface area contributed by atoms with Crippen LogP contribution in [0.2, 0.25) is 5.02 Å². The summed E-state index contributed by atoms with van der Waals surface area (Å²) in [5.41, 5.74) is 0.452. The van der Waals surface area contributed by atoms with Crippen molar-refractivity contribution in [2.75, 3.05) is 20.4 Å². The summed E-state index contributed by atoms with van der Waals surface area (Å²) in [6, 6.07) is 5.34. The Morgan fingerprint density at radius 3 is 2.73 bits per heavy atom. The van der Waals surface area contributed by atoms with Crippen molar-refractivity contribution in [2.45, 2.75) is 4.90 Å². The summed E-state index contributed by atoms with van der Waals surface area (Å²) in [4.78, 5) is 17.6. The molecule has 15 heavy (non-hydrogen) atoms. The Hall–Kier alpha value is -0.710. The van der Waals surface area contributed by atoms with Crippen LogP contribution in [0.4, 0.5) is 0 Å². The number of nitrogens with zero attached hydrogens (tertiary/aromatic N) is 1. The number of hydrogen-bond acceptors (Lipinski definition) is 3. The maximum Gasteiger partial charge on any atom is 0.278 e. The predicted molar refractivity (Wildman–Crippen MR) is 62.3 cm³/mol. The highest BCUT2D eigenvalue weighted by Crippen LogP contribution is 2.23. The van der Waals surface area contributed by atoms with Gasteiger partial charge >= 0.3 is 0 Å². The van der Waals surface area contributed by atoms with Gasteiger partial charge in [-0.05, 0) is 24.5 Å². The standard InChI is InChI=1S/C10H12ClNO2S/c1-12(14-2)10(13)8-6-7(15-3)4-5-9(8)11/h4-6H,1-3H3. The molecule has 0 fully saturated rings. The molecule has 0 saturated carbocycles. The topological polar surface area (TPSA) is 29.5 Å². The number of benzene rings is 1. The first-order valence-corrected chi connectivity index (χ1v) is 5.86. The summed E-state index contributed by atoms with van der Waals surface area (Å²) in [5.74, 6) is -0.251. The molecule has 1 aromatic rings. The monoisotopic (exact) mass is 245 g/mol. The smallest absolute Gasteiger partial charge is 0.274 e. The Balaban J connectivity index is 3.07. The van der Waals surface area contributed by atoms with Crippen LogP contribution in [0.25, 0.3) is 0 Å². The second kappa shape index (κ2) is 5.39. The van der Waals surface area contributed by atoms with Crippen LogP contribution in [0.5, 0.6) is 0 Å². The molecule has 0 aliphatic heterocycles. The second-order valence-electron chi connectivity index (χ2n) is 2.83. The maximum absolute atomic E-state index is 11.8. The molecular weight excluding hydrogens is 234 g/mol. The van der Waals surface area contributed by atoms with Crippen molar-refractivity contribution in [3.05, 3.63) is 28.8 Å². The molecule has 0 aromatic heterocycles. The lowest BCUT2D eigenvalue weighted by atomic mass is 10.2. The van der Waals surface area contributed by atoms with Gasteiger partial charge in [0.2, 0.25) is 0 Å². The van der Waals surface area contributed by atoms with E-state index < -0.39 is 0 Å². The van der Waals surface area contributed by atoms with Gasteiger partial charge in [0.1, 0.15) is 0 Å². The highest BCUT2D eigenvalue weighted by molar-refractivity contribution is 7.98. The van der Waals surface area contributed by atoms with Crippen LogP contribution in [0.1, 0.15) is 10.4 Å². The first-order valence-electron chi connectivity index (χ1n) is 4.26. The van der Waals surface area contributed by atoms with Crippen molar-refractivity contribution in [3.8, 4) is 0 Å². The van der Waals surface area contributed by atoms with Gasteiger partial charge in [-0.1, -0.05) is 11.6 Å². The van der Waals surface area contributed by atoms with E-state index in [1.165, 1.54) is 7.11 Å². The molecule has 0 N–H and O–H groups in total. The Morgan fingerprint density at radius 1 is 1.53 bits per heavy atom. The highest BCUT2D eigenvalue weighted by Gasteiger charge is 2.15. The fraction of sp³-hybridized carbons (Fsp3) is 0.300. The van der Waals surface area contributed by atoms with Gasteiger partial charge in [0.25, 0.3) is 5.91 Å². The number of hydroxylamine groups is 2. The van der Waals surface area contributed by atoms with E-state index in [-0.39, 0.29) is 5.91 Å². The van der Waals surface area contributed by atoms with E-state index in [2.05, 4.69) is 0 Å². The van der Waals surface area contributed by atoms with Crippen molar-refractivity contribution < 1.29 is 9.63 Å². The number of rotatable bonds is 3. The van der Waals surface area contributed by atoms with Crippen LogP contribution in [0.3, 0.4) is 0 Å². The van der Waals surface area contributed by atoms with E-state index in [1.54, 1.807) is 30.9 Å². The third-order valence-corrected chi connectivity index (χ3v) is 3.02. The van der Waals surface area contributed by atoms with Gasteiger partial charge in [-0.3, -0.25) is 9.63 Å². The fourth-order valence-electron chi connectivity index (χ4n) is 1.05. The Kier molecular flexibility index (Phi) is 4.45. The zero-order valence-electron chi connectivity index (χ0n) is 8.78. The van der Waals surface area contributed by atoms with E-state index in [1.807, 2.05) is 12.3 Å². The fourth-order valence-corrected chi connectivity index (χ4v) is 1.69. The van der Waals surface area contributed by atoms with E-state index in [4.69, 9.17) is 16.4 Å². The molecule has 0 radical (unpaired) electrons. The number of carbonyl (C=O) groups excluding carboxylic acids is 1. The molecule has 0 spiro atoms. The minimum atomic E-state index is -0.251. The molecular formula is C10H12ClNO2S. The van der Waals surface area contributed by atoms with Crippen molar-refractivity contribution in [2.24, 2.45) is 0 Å². The molecule has 1 amide bonds. The summed E-state index contributed by atoms with van der Waals surface area (Å²) in [6.45, 7) is 0. The average molecular weight is 246 g/mol. The van der Waals surface area contributed by atoms with Crippen LogP contribution in [-0.2, 0) is 4.84 Å². The molecule has 82 valence electrons. The Bertz CT molecular complexity index is 370. The number of carbonyl (C=O) groups is 1. The molecule has 0 atom stereocenters. The molecule has 0 saturated heterocycles. The average Bonchev–Trinajstić information content (AvgIpc) is 2.27. The van der Waals surface area contributed by atoms with Gasteiger partial charge in [-0.2, -0.15) is 0 Å². The molecule has 0 heterocycles. The molecule has 0 aliphatic rings. The van der Waals surface area contributed by atoms with Gasteiger partial charge in [0.15, 0.2) is 0 Å². The highest BCUT2D eigenvalue weighted by atomic mass is 35.5. The van der Waals surface area contributed by atoms with Gasteiger partial charge in [0, 0.05) is 11.9 Å². The minimum absolute atomic E-state index is 0.251. The molecule has 3 nitrogen and oxygen atoms in total. The van der Waals surface area contributed by atoms with Crippen LogP contribution >= 0.6 is 23.4 Å². The lowest BCUT2D eigenvalue weighted by molar-refractivity contribution is -0.0757. The zero-order valence-corrected chi connectivity index (χ0v) is 10.4. The van der Waals surface area contributed by atoms with Crippen LogP contribution in [0, 0.1) is 0 Å². The first kappa shape index (κ1) is 12.4. The van der Waals surface area contributed by atoms with Crippen LogP contribution in [0.15, 0.2) is 23.1 Å². The predicted octanol–water partition coefficient (Wildman–Crippen LogP) is 2.70. The van der Waals surface area contributed by atoms with E-state index in [9.17, 15) is 4.79 Å². The molecule has 5 heteroatoms. The molecule has 0 unspecified atom stereocenters. The van der Waals surface area contributed by atoms with E-state index in [0.29, 0.717) is 10.6 Å². The Morgan fingerprint density at radius 2 is 2.20 bits per heavy atom. The quantitative estimate of drug-likeness (QED) is 0.606. The van der Waals surface area contributed by atoms with Crippen LogP contribution < -0.4 is 0 Å². The SMILES string of the molecule is CON(C)C(=O)c1cc(SC)ccc1Cl. The molecule has 0 aliphatic carbocycles. The van der Waals surface area contributed by atoms with Gasteiger partial charge in [-0.25, -0.2) is 5.06 Å². The summed E-state index contributed by atoms with van der Waals surface area (Å²) >= 11 is 7.49. The third kappa shape index (κ3) is 2.87. The van der Waals surface area contributed by atoms with E-state index in [0.717, 1.165) is 9.96 Å². The lowest BCUT2D eigenvalue weighted by Gasteiger charge is -2.14. The third-order valence-electron chi connectivity index (χ3n) is 1.96. The first-order chi connectivity index (χ1) is 7.10. The number of halogens is 1.